The van der Waals surface area contributed by atoms with Gasteiger partial charge < -0.3 is 37.4 Å². The summed E-state index contributed by atoms with van der Waals surface area (Å²) in [4.78, 5) is 4.75. The van der Waals surface area contributed by atoms with Crippen LogP contribution in [0.4, 0.5) is 35.1 Å². The van der Waals surface area contributed by atoms with E-state index < -0.39 is 12.4 Å². The Bertz CT molecular complexity index is 1260. The summed E-state index contributed by atoms with van der Waals surface area (Å²) in [7, 11) is 7.73. The van der Waals surface area contributed by atoms with Gasteiger partial charge in [0.05, 0.1) is 28.6 Å². The molecule has 4 aromatic carbocycles. The molecule has 0 aromatic heterocycles. The molecule has 70 heavy (non-hydrogen) atoms. The molecule has 0 saturated heterocycles. The molecular formula is C52H100F8N2O6P2. The number of methoxy groups -OCH3 is 2. The maximum atomic E-state index is 10.4. The van der Waals surface area contributed by atoms with Crippen molar-refractivity contribution in [1.82, 2.24) is 9.80 Å². The first-order valence-electron chi connectivity index (χ1n) is 19.9. The van der Waals surface area contributed by atoms with E-state index in [0.717, 1.165) is 23.0 Å². The second-order valence-electron chi connectivity index (χ2n) is 11.2. The maximum Gasteiger partial charge on any atom is 0.386 e. The van der Waals surface area contributed by atoms with Crippen molar-refractivity contribution in [2.45, 2.75) is 112 Å². The van der Waals surface area contributed by atoms with E-state index in [9.17, 15) is 35.1 Å². The molecule has 18 heteroatoms. The molecule has 0 aliphatic heterocycles. The first-order valence-corrected chi connectivity index (χ1v) is 21.6. The van der Waals surface area contributed by atoms with Gasteiger partial charge in [-0.2, -0.15) is 26.3 Å². The van der Waals surface area contributed by atoms with Crippen LogP contribution in [0.25, 0.3) is 0 Å². The number of ether oxygens (including phenoxy) is 2. The number of nitrogens with zero attached hydrogens (tertiary/aromatic N) is 2. The Morgan fingerprint density at radius 2 is 0.514 bits per heavy atom. The van der Waals surface area contributed by atoms with E-state index in [0.29, 0.717) is 14.4 Å². The molecule has 4 rings (SSSR count). The summed E-state index contributed by atoms with van der Waals surface area (Å²) in [6, 6.07) is 38.5. The van der Waals surface area contributed by atoms with Crippen LogP contribution >= 0.6 is 18.1 Å². The Morgan fingerprint density at radius 1 is 0.357 bits per heavy atom. The fourth-order valence-corrected chi connectivity index (χ4v) is 4.24. The highest BCUT2D eigenvalue weighted by molar-refractivity contribution is 7.26. The normalized spacial score (nSPS) is 8.91. The van der Waals surface area contributed by atoms with Crippen molar-refractivity contribution < 1.29 is 62.7 Å². The lowest BCUT2D eigenvalue weighted by Gasteiger charge is -2.13. The van der Waals surface area contributed by atoms with Crippen molar-refractivity contribution in [3.8, 4) is 23.0 Å². The second kappa shape index (κ2) is 74.2. The zero-order valence-corrected chi connectivity index (χ0v) is 42.2. The minimum atomic E-state index is -4.00. The number of rotatable bonds is 14. The number of benzene rings is 4. The molecule has 0 spiro atoms. The van der Waals surface area contributed by atoms with Crippen LogP contribution < -0.4 is 18.5 Å². The van der Waals surface area contributed by atoms with Gasteiger partial charge >= 0.3 is 12.4 Å². The lowest BCUT2D eigenvalue weighted by Crippen LogP contribution is -2.21. The molecule has 0 aliphatic rings. The molecule has 0 aliphatic carbocycles. The van der Waals surface area contributed by atoms with Gasteiger partial charge in [0, 0.05) is 28.1 Å². The van der Waals surface area contributed by atoms with Crippen LogP contribution in [-0.2, 0) is 9.05 Å². The molecule has 420 valence electrons. The smallest absolute Gasteiger partial charge is 0.386 e. The number of hydrogen-bond acceptors (Lipinski definition) is 8. The fraction of sp³-hybridized carbons (Fsp3) is 0.538. The Morgan fingerprint density at radius 3 is 0.614 bits per heavy atom. The molecule has 0 heterocycles. The number of para-hydroxylation sites is 4. The van der Waals surface area contributed by atoms with E-state index >= 15 is 0 Å². The average Bonchev–Trinajstić information content (AvgIpc) is 3.31. The van der Waals surface area contributed by atoms with Gasteiger partial charge in [0.1, 0.15) is 23.0 Å². The number of alkyl halides is 8. The summed E-state index contributed by atoms with van der Waals surface area (Å²) in [5, 5.41) is 0. The van der Waals surface area contributed by atoms with Crippen molar-refractivity contribution in [2.75, 3.05) is 82.1 Å². The Balaban J connectivity index is -0.0000000542. The largest absolute Gasteiger partial charge is 0.497 e. The van der Waals surface area contributed by atoms with Gasteiger partial charge in [0.15, 0.2) is 0 Å². The second-order valence-corrected chi connectivity index (χ2v) is 12.8. The summed E-state index contributed by atoms with van der Waals surface area (Å²) in [5.74, 6) is 3.52. The molecule has 0 radical (unpaired) electrons. The van der Waals surface area contributed by atoms with E-state index in [1.165, 1.54) is 39.3 Å². The van der Waals surface area contributed by atoms with Crippen molar-refractivity contribution in [2.24, 2.45) is 0 Å². The quantitative estimate of drug-likeness (QED) is 0.0914. The van der Waals surface area contributed by atoms with Crippen LogP contribution in [-0.4, -0.2) is 104 Å². The van der Waals surface area contributed by atoms with Gasteiger partial charge in [-0.05, 0) is 87.8 Å². The maximum absolute atomic E-state index is 10.4. The fourth-order valence-electron chi connectivity index (χ4n) is 3.61. The van der Waals surface area contributed by atoms with Crippen molar-refractivity contribution in [1.29, 1.82) is 0 Å². The summed E-state index contributed by atoms with van der Waals surface area (Å²) in [5.41, 5.74) is 0. The Kier molecular flexibility index (Phi) is 102. The van der Waals surface area contributed by atoms with Gasteiger partial charge in [0.25, 0.3) is 0 Å². The third-order valence-electron chi connectivity index (χ3n) is 6.61. The van der Waals surface area contributed by atoms with Crippen LogP contribution in [0.5, 0.6) is 23.0 Å². The predicted molar refractivity (Wildman–Crippen MR) is 296 cm³/mol. The molecule has 0 amide bonds. The van der Waals surface area contributed by atoms with E-state index in [2.05, 4.69) is 51.3 Å². The summed E-state index contributed by atoms with van der Waals surface area (Å²) < 4.78 is 111. The summed E-state index contributed by atoms with van der Waals surface area (Å²) in [6.45, 7) is 20.6. The zero-order chi connectivity index (χ0) is 50.5. The monoisotopic (exact) mass is 1060 g/mol. The van der Waals surface area contributed by atoms with Gasteiger partial charge in [-0.1, -0.05) is 159 Å². The van der Waals surface area contributed by atoms with E-state index in [1.54, 1.807) is 28.4 Å². The van der Waals surface area contributed by atoms with Gasteiger partial charge in [0.2, 0.25) is 18.1 Å². The molecule has 2 atom stereocenters. The van der Waals surface area contributed by atoms with Crippen molar-refractivity contribution in [3.05, 3.63) is 121 Å². The van der Waals surface area contributed by atoms with Crippen molar-refractivity contribution >= 4 is 18.1 Å². The number of halogens is 8. The minimum absolute atomic E-state index is 0. The zero-order valence-electron chi connectivity index (χ0n) is 40.2. The SMILES string of the molecule is C.C.C.C.C.C.CC(F)(F)F.CC(F)(F)F.CCN(CC)CC.CCN(CC)CC.CF.CF.COPOc1ccccc1.COPOc1ccccc1.COc1ccccc1.COc1ccccc1. The Hall–Kier alpha value is -3.78. The number of hydrogen-bond donors (Lipinski definition) is 0. The van der Waals surface area contributed by atoms with E-state index in [1.807, 2.05) is 121 Å². The summed E-state index contributed by atoms with van der Waals surface area (Å²) >= 11 is 0. The van der Waals surface area contributed by atoms with Crippen molar-refractivity contribution in [3.63, 3.8) is 0 Å². The molecule has 0 fully saturated rings. The molecular weight excluding hydrogens is 963 g/mol. The average molecular weight is 1060 g/mol. The third kappa shape index (κ3) is 94.1. The highest BCUT2D eigenvalue weighted by Gasteiger charge is 2.16. The third-order valence-corrected chi connectivity index (χ3v) is 7.58. The van der Waals surface area contributed by atoms with Gasteiger partial charge in [-0.3, -0.25) is 8.78 Å². The molecule has 0 saturated carbocycles. The highest BCUT2D eigenvalue weighted by atomic mass is 31.1. The topological polar surface area (TPSA) is 61.9 Å². The molecule has 0 N–H and O–H groups in total. The molecule has 4 aromatic rings. The van der Waals surface area contributed by atoms with Crippen LogP contribution in [0, 0.1) is 0 Å². The summed E-state index contributed by atoms with van der Waals surface area (Å²) in [6.07, 6.45) is -8.00. The van der Waals surface area contributed by atoms with Crippen LogP contribution in [0.15, 0.2) is 121 Å². The van der Waals surface area contributed by atoms with Crippen LogP contribution in [0.1, 0.15) is 99.9 Å². The predicted octanol–water partition coefficient (Wildman–Crippen LogP) is 18.7. The molecule has 8 nitrogen and oxygen atoms in total. The standard InChI is InChI=1S/2C7H9O2P.2C7H8O.2C6H15N.2C2H3F3.2CH3F.6CH4/c2*1-8-10-9-7-5-3-2-4-6-7;2*1-8-7-5-3-2-4-6-7;2*1-4-7(5-2)6-3;2*1-2(3,4)5;2*1-2;;;;;;/h2*2-6,10H,1H3;2*2-6H,1H3;2*4-6H2,1-3H3;2*1H3;2*1H3;6*1H4. The van der Waals surface area contributed by atoms with Gasteiger partial charge in [-0.25, -0.2) is 0 Å². The van der Waals surface area contributed by atoms with Gasteiger partial charge in [-0.15, -0.1) is 0 Å². The van der Waals surface area contributed by atoms with Crippen LogP contribution in [0.2, 0.25) is 0 Å². The molecule has 0 bridgehead atoms. The minimum Gasteiger partial charge on any atom is -0.497 e. The molecule has 2 unspecified atom stereocenters. The highest BCUT2D eigenvalue weighted by Crippen LogP contribution is 2.20. The lowest BCUT2D eigenvalue weighted by molar-refractivity contribution is -0.111. The lowest BCUT2D eigenvalue weighted by atomic mass is 10.3. The first kappa shape index (κ1) is 95.8. The van der Waals surface area contributed by atoms with E-state index in [-0.39, 0.29) is 76.5 Å². The van der Waals surface area contributed by atoms with E-state index in [4.69, 9.17) is 27.6 Å². The van der Waals surface area contributed by atoms with Crippen LogP contribution in [0.3, 0.4) is 0 Å². The first-order chi connectivity index (χ1) is 30.4. The Labute approximate surface area is 428 Å².